The lowest BCUT2D eigenvalue weighted by atomic mass is 9.81. The van der Waals surface area contributed by atoms with Crippen LogP contribution in [0.2, 0.25) is 0 Å². The smallest absolute Gasteiger partial charge is 0.220 e. The van der Waals surface area contributed by atoms with E-state index in [0.29, 0.717) is 25.5 Å². The van der Waals surface area contributed by atoms with Gasteiger partial charge in [-0.2, -0.15) is 0 Å². The Morgan fingerprint density at radius 2 is 1.89 bits per heavy atom. The summed E-state index contributed by atoms with van der Waals surface area (Å²) < 4.78 is 4.93. The van der Waals surface area contributed by atoms with Crippen molar-refractivity contribution in [1.29, 1.82) is 0 Å². The third kappa shape index (κ3) is 6.97. The van der Waals surface area contributed by atoms with Gasteiger partial charge in [0.25, 0.3) is 0 Å². The summed E-state index contributed by atoms with van der Waals surface area (Å²) >= 11 is 0. The Hall–Kier alpha value is -0.610. The molecule has 0 aromatic heterocycles. The van der Waals surface area contributed by atoms with Gasteiger partial charge in [-0.25, -0.2) is 0 Å². The maximum atomic E-state index is 11.7. The van der Waals surface area contributed by atoms with Crippen molar-refractivity contribution in [3.63, 3.8) is 0 Å². The van der Waals surface area contributed by atoms with Crippen LogP contribution in [-0.2, 0) is 9.53 Å². The highest BCUT2D eigenvalue weighted by Crippen LogP contribution is 2.30. The second-order valence-electron chi connectivity index (χ2n) is 5.42. The second-order valence-corrected chi connectivity index (χ2v) is 5.42. The summed E-state index contributed by atoms with van der Waals surface area (Å²) in [6.07, 6.45) is 5.74. The average Bonchev–Trinajstić information content (AvgIpc) is 2.36. The number of hydrogen-bond acceptors (Lipinski definition) is 3. The highest BCUT2D eigenvalue weighted by molar-refractivity contribution is 5.76. The van der Waals surface area contributed by atoms with Gasteiger partial charge in [0.2, 0.25) is 5.91 Å². The van der Waals surface area contributed by atoms with Crippen LogP contribution >= 0.6 is 0 Å². The highest BCUT2D eigenvalue weighted by Gasteiger charge is 2.20. The molecule has 0 spiro atoms. The molecule has 0 unspecified atom stereocenters. The van der Waals surface area contributed by atoms with E-state index in [2.05, 4.69) is 17.6 Å². The largest absolute Gasteiger partial charge is 0.383 e. The van der Waals surface area contributed by atoms with E-state index in [1.165, 1.54) is 25.7 Å². The summed E-state index contributed by atoms with van der Waals surface area (Å²) in [5.74, 6) is 1.68. The molecule has 1 saturated carbocycles. The molecule has 1 fully saturated rings. The molecule has 0 radical (unpaired) electrons. The van der Waals surface area contributed by atoms with E-state index < -0.39 is 0 Å². The van der Waals surface area contributed by atoms with E-state index in [-0.39, 0.29) is 5.91 Å². The first-order valence-electron chi connectivity index (χ1n) is 7.18. The molecule has 1 aliphatic rings. The maximum absolute atomic E-state index is 11.7. The van der Waals surface area contributed by atoms with Crippen molar-refractivity contribution in [3.05, 3.63) is 0 Å². The number of rotatable bonds is 8. The predicted octanol–water partition coefficient (Wildman–Crippen LogP) is 1.55. The molecular weight excluding hydrogens is 228 g/mol. The number of carbonyl (C=O) groups is 1. The fourth-order valence-corrected chi connectivity index (χ4v) is 2.46. The van der Waals surface area contributed by atoms with Crippen LogP contribution in [0.5, 0.6) is 0 Å². The summed E-state index contributed by atoms with van der Waals surface area (Å²) in [5.41, 5.74) is 0. The zero-order valence-electron chi connectivity index (χ0n) is 11.8. The van der Waals surface area contributed by atoms with Crippen molar-refractivity contribution in [3.8, 4) is 0 Å². The van der Waals surface area contributed by atoms with Gasteiger partial charge in [-0.1, -0.05) is 19.8 Å². The van der Waals surface area contributed by atoms with Crippen molar-refractivity contribution >= 4 is 5.91 Å². The fourth-order valence-electron chi connectivity index (χ4n) is 2.46. The van der Waals surface area contributed by atoms with Gasteiger partial charge in [-0.05, 0) is 24.7 Å². The van der Waals surface area contributed by atoms with Crippen LogP contribution in [0.1, 0.15) is 39.0 Å². The number of nitrogens with one attached hydrogen (secondary N) is 2. The minimum Gasteiger partial charge on any atom is -0.383 e. The molecule has 0 aliphatic heterocycles. The fraction of sp³-hybridized carbons (Fsp3) is 0.929. The number of amides is 1. The zero-order valence-corrected chi connectivity index (χ0v) is 11.8. The number of carbonyl (C=O) groups excluding carboxylic acids is 1. The summed E-state index contributed by atoms with van der Waals surface area (Å²) in [7, 11) is 1.69. The van der Waals surface area contributed by atoms with E-state index in [1.807, 2.05) is 0 Å². The minimum atomic E-state index is 0.211. The normalized spacial score (nSPS) is 23.9. The van der Waals surface area contributed by atoms with Crippen molar-refractivity contribution in [2.45, 2.75) is 39.0 Å². The number of methoxy groups -OCH3 is 1. The molecular formula is C14H28N2O2. The Kier molecular flexibility index (Phi) is 8.01. The molecule has 0 aromatic carbocycles. The van der Waals surface area contributed by atoms with Gasteiger partial charge in [-0.15, -0.1) is 0 Å². The minimum absolute atomic E-state index is 0.211. The molecule has 0 atom stereocenters. The topological polar surface area (TPSA) is 50.4 Å². The summed E-state index contributed by atoms with van der Waals surface area (Å²) in [4.78, 5) is 11.7. The van der Waals surface area contributed by atoms with E-state index in [4.69, 9.17) is 4.74 Å². The first kappa shape index (κ1) is 15.4. The van der Waals surface area contributed by atoms with Crippen LogP contribution in [0.4, 0.5) is 0 Å². The van der Waals surface area contributed by atoms with E-state index in [0.717, 1.165) is 19.0 Å². The molecule has 4 nitrogen and oxygen atoms in total. The van der Waals surface area contributed by atoms with Crippen LogP contribution in [-0.4, -0.2) is 39.3 Å². The van der Waals surface area contributed by atoms with Gasteiger partial charge in [0.05, 0.1) is 6.61 Å². The van der Waals surface area contributed by atoms with E-state index in [1.54, 1.807) is 7.11 Å². The lowest BCUT2D eigenvalue weighted by Gasteiger charge is -2.25. The second kappa shape index (κ2) is 9.34. The first-order valence-corrected chi connectivity index (χ1v) is 7.18. The first-order chi connectivity index (χ1) is 8.72. The van der Waals surface area contributed by atoms with Crippen molar-refractivity contribution < 1.29 is 9.53 Å². The highest BCUT2D eigenvalue weighted by atomic mass is 16.5. The van der Waals surface area contributed by atoms with Gasteiger partial charge >= 0.3 is 0 Å². The standard InChI is InChI=1S/C14H28N2O2/c1-12-3-5-13(6-4-12)11-14(17)16-8-7-15-9-10-18-2/h12-13,15H,3-11H2,1-2H3,(H,16,17). The Morgan fingerprint density at radius 1 is 1.17 bits per heavy atom. The third-order valence-electron chi connectivity index (χ3n) is 3.72. The average molecular weight is 256 g/mol. The summed E-state index contributed by atoms with van der Waals surface area (Å²) in [5, 5.41) is 6.19. The molecule has 0 heterocycles. The molecule has 1 amide bonds. The van der Waals surface area contributed by atoms with Crippen molar-refractivity contribution in [1.82, 2.24) is 10.6 Å². The Morgan fingerprint density at radius 3 is 2.56 bits per heavy atom. The molecule has 1 rings (SSSR count). The van der Waals surface area contributed by atoms with Crippen LogP contribution in [0, 0.1) is 11.8 Å². The van der Waals surface area contributed by atoms with Crippen molar-refractivity contribution in [2.24, 2.45) is 11.8 Å². The number of hydrogen-bond donors (Lipinski definition) is 2. The van der Waals surface area contributed by atoms with Crippen LogP contribution in [0.3, 0.4) is 0 Å². The van der Waals surface area contributed by atoms with Gasteiger partial charge < -0.3 is 15.4 Å². The maximum Gasteiger partial charge on any atom is 0.220 e. The quantitative estimate of drug-likeness (QED) is 0.648. The lowest BCUT2D eigenvalue weighted by Crippen LogP contribution is -2.34. The van der Waals surface area contributed by atoms with Crippen LogP contribution in [0.25, 0.3) is 0 Å². The summed E-state index contributed by atoms with van der Waals surface area (Å²) in [6.45, 7) is 5.39. The third-order valence-corrected chi connectivity index (χ3v) is 3.72. The molecule has 2 N–H and O–H groups in total. The van der Waals surface area contributed by atoms with Gasteiger partial charge in [0.1, 0.15) is 0 Å². The van der Waals surface area contributed by atoms with Gasteiger partial charge in [0.15, 0.2) is 0 Å². The summed E-state index contributed by atoms with van der Waals surface area (Å²) in [6, 6.07) is 0. The Balaban J connectivity index is 1.97. The van der Waals surface area contributed by atoms with Crippen LogP contribution < -0.4 is 10.6 Å². The van der Waals surface area contributed by atoms with E-state index >= 15 is 0 Å². The monoisotopic (exact) mass is 256 g/mol. The van der Waals surface area contributed by atoms with Gasteiger partial charge in [0, 0.05) is 33.2 Å². The number of ether oxygens (including phenoxy) is 1. The van der Waals surface area contributed by atoms with Crippen LogP contribution in [0.15, 0.2) is 0 Å². The predicted molar refractivity (Wildman–Crippen MR) is 73.5 cm³/mol. The molecule has 4 heteroatoms. The lowest BCUT2D eigenvalue weighted by molar-refractivity contribution is -0.122. The molecule has 1 aliphatic carbocycles. The SMILES string of the molecule is COCCNCCNC(=O)CC1CCC(C)CC1. The van der Waals surface area contributed by atoms with Crippen molar-refractivity contribution in [2.75, 3.05) is 33.4 Å². The molecule has 106 valence electrons. The zero-order chi connectivity index (χ0) is 13.2. The molecule has 0 aromatic rings. The molecule has 18 heavy (non-hydrogen) atoms. The molecule has 0 bridgehead atoms. The Bertz CT molecular complexity index is 226. The van der Waals surface area contributed by atoms with Gasteiger partial charge in [-0.3, -0.25) is 4.79 Å². The molecule has 0 saturated heterocycles. The van der Waals surface area contributed by atoms with E-state index in [9.17, 15) is 4.79 Å². The Labute approximate surface area is 111 Å².